The van der Waals surface area contributed by atoms with Gasteiger partial charge >= 0.3 is 0 Å². The quantitative estimate of drug-likeness (QED) is 0.687. The highest BCUT2D eigenvalue weighted by Gasteiger charge is 2.22. The van der Waals surface area contributed by atoms with E-state index in [4.69, 9.17) is 0 Å². The standard InChI is InChI=1S/C17H18N4O2S/c22-24(23,17-19-9-10-20-17)21-16(11-14-5-2-1-3-6-14)12-15-7-4-8-18-13-15/h1-10,13,16,21H,11-12H2,(H,19,20). The SMILES string of the molecule is O=S(=O)(NC(Cc1ccccc1)Cc1cccnc1)c1ncc[nH]1. The first kappa shape index (κ1) is 16.4. The zero-order valence-electron chi connectivity index (χ0n) is 13.0. The fraction of sp³-hybridized carbons (Fsp3) is 0.176. The van der Waals surface area contributed by atoms with E-state index in [1.807, 2.05) is 42.5 Å². The summed E-state index contributed by atoms with van der Waals surface area (Å²) in [5, 5.41) is -0.0771. The summed E-state index contributed by atoms with van der Waals surface area (Å²) in [6.45, 7) is 0. The molecular weight excluding hydrogens is 324 g/mol. The summed E-state index contributed by atoms with van der Waals surface area (Å²) in [5.41, 5.74) is 2.04. The molecule has 0 aliphatic carbocycles. The molecule has 2 aromatic heterocycles. The maximum atomic E-state index is 12.5. The number of rotatable bonds is 7. The summed E-state index contributed by atoms with van der Waals surface area (Å²) < 4.78 is 27.7. The number of benzene rings is 1. The van der Waals surface area contributed by atoms with Crippen LogP contribution in [0.4, 0.5) is 0 Å². The van der Waals surface area contributed by atoms with E-state index in [0.717, 1.165) is 11.1 Å². The lowest BCUT2D eigenvalue weighted by Crippen LogP contribution is -2.38. The molecule has 3 rings (SSSR count). The molecule has 0 radical (unpaired) electrons. The Morgan fingerprint density at radius 2 is 1.75 bits per heavy atom. The van der Waals surface area contributed by atoms with E-state index in [9.17, 15) is 8.42 Å². The highest BCUT2D eigenvalue weighted by molar-refractivity contribution is 7.89. The fourth-order valence-corrected chi connectivity index (χ4v) is 3.67. The Labute approximate surface area is 141 Å². The van der Waals surface area contributed by atoms with Crippen LogP contribution in [0.2, 0.25) is 0 Å². The predicted octanol–water partition coefficient (Wildman–Crippen LogP) is 1.94. The molecule has 24 heavy (non-hydrogen) atoms. The molecule has 2 N–H and O–H groups in total. The number of pyridine rings is 1. The Hall–Kier alpha value is -2.51. The minimum absolute atomic E-state index is 0.0771. The largest absolute Gasteiger partial charge is 0.334 e. The van der Waals surface area contributed by atoms with Gasteiger partial charge in [-0.05, 0) is 30.0 Å². The van der Waals surface area contributed by atoms with Gasteiger partial charge in [0.1, 0.15) is 0 Å². The number of aromatic nitrogens is 3. The normalized spacial score (nSPS) is 12.8. The van der Waals surface area contributed by atoms with Crippen molar-refractivity contribution < 1.29 is 8.42 Å². The molecule has 3 aromatic rings. The van der Waals surface area contributed by atoms with Crippen LogP contribution in [0.1, 0.15) is 11.1 Å². The van der Waals surface area contributed by atoms with Crippen LogP contribution >= 0.6 is 0 Å². The monoisotopic (exact) mass is 342 g/mol. The Bertz CT molecular complexity index is 809. The second-order valence-corrected chi connectivity index (χ2v) is 7.10. The van der Waals surface area contributed by atoms with Gasteiger partial charge in [0.25, 0.3) is 10.0 Å². The van der Waals surface area contributed by atoms with Crippen LogP contribution in [0.5, 0.6) is 0 Å². The zero-order chi connectivity index (χ0) is 16.8. The van der Waals surface area contributed by atoms with Crippen LogP contribution in [0, 0.1) is 0 Å². The van der Waals surface area contributed by atoms with Gasteiger partial charge in [0.05, 0.1) is 0 Å². The van der Waals surface area contributed by atoms with Crippen LogP contribution < -0.4 is 4.72 Å². The maximum absolute atomic E-state index is 12.5. The van der Waals surface area contributed by atoms with E-state index in [1.165, 1.54) is 12.4 Å². The summed E-state index contributed by atoms with van der Waals surface area (Å²) in [5.74, 6) is 0. The van der Waals surface area contributed by atoms with Gasteiger partial charge in [-0.1, -0.05) is 36.4 Å². The van der Waals surface area contributed by atoms with Crippen LogP contribution in [0.15, 0.2) is 72.4 Å². The van der Waals surface area contributed by atoms with Crippen molar-refractivity contribution in [3.8, 4) is 0 Å². The molecule has 0 saturated heterocycles. The van der Waals surface area contributed by atoms with Crippen LogP contribution in [-0.2, 0) is 22.9 Å². The van der Waals surface area contributed by atoms with Crippen molar-refractivity contribution in [1.82, 2.24) is 19.7 Å². The first-order valence-electron chi connectivity index (χ1n) is 7.58. The van der Waals surface area contributed by atoms with E-state index < -0.39 is 10.0 Å². The van der Waals surface area contributed by atoms with Crippen molar-refractivity contribution in [2.45, 2.75) is 24.0 Å². The first-order chi connectivity index (χ1) is 11.6. The van der Waals surface area contributed by atoms with Crippen LogP contribution in [-0.4, -0.2) is 29.4 Å². The van der Waals surface area contributed by atoms with Gasteiger partial charge in [0.15, 0.2) is 0 Å². The smallest absolute Gasteiger partial charge is 0.274 e. The number of hydrogen-bond donors (Lipinski definition) is 2. The third-order valence-electron chi connectivity index (χ3n) is 3.58. The van der Waals surface area contributed by atoms with Crippen molar-refractivity contribution in [3.63, 3.8) is 0 Å². The Balaban J connectivity index is 1.81. The second-order valence-electron chi connectivity index (χ2n) is 5.47. The maximum Gasteiger partial charge on any atom is 0.274 e. The van der Waals surface area contributed by atoms with Gasteiger partial charge in [-0.2, -0.15) is 0 Å². The average Bonchev–Trinajstić information content (AvgIpc) is 3.12. The highest BCUT2D eigenvalue weighted by Crippen LogP contribution is 2.11. The fourth-order valence-electron chi connectivity index (χ4n) is 2.53. The number of nitrogens with one attached hydrogen (secondary N) is 2. The number of hydrogen-bond acceptors (Lipinski definition) is 4. The molecule has 7 heteroatoms. The second kappa shape index (κ2) is 7.37. The first-order valence-corrected chi connectivity index (χ1v) is 9.06. The molecule has 2 heterocycles. The topological polar surface area (TPSA) is 87.7 Å². The molecular formula is C17H18N4O2S. The lowest BCUT2D eigenvalue weighted by Gasteiger charge is -2.18. The van der Waals surface area contributed by atoms with E-state index in [0.29, 0.717) is 12.8 Å². The van der Waals surface area contributed by atoms with Crippen LogP contribution in [0.25, 0.3) is 0 Å². The summed E-state index contributed by atoms with van der Waals surface area (Å²) in [7, 11) is -3.69. The van der Waals surface area contributed by atoms with Gasteiger partial charge in [-0.3, -0.25) is 4.98 Å². The summed E-state index contributed by atoms with van der Waals surface area (Å²) in [6, 6.07) is 13.3. The Morgan fingerprint density at radius 1 is 1.00 bits per heavy atom. The predicted molar refractivity (Wildman–Crippen MR) is 90.8 cm³/mol. The molecule has 1 atom stereocenters. The van der Waals surface area contributed by atoms with Gasteiger partial charge in [-0.15, -0.1) is 0 Å². The van der Waals surface area contributed by atoms with Crippen molar-refractivity contribution in [1.29, 1.82) is 0 Å². The average molecular weight is 342 g/mol. The minimum Gasteiger partial charge on any atom is -0.334 e. The minimum atomic E-state index is -3.69. The van der Waals surface area contributed by atoms with E-state index >= 15 is 0 Å². The molecule has 0 spiro atoms. The number of sulfonamides is 1. The van der Waals surface area contributed by atoms with Gasteiger partial charge in [-0.25, -0.2) is 18.1 Å². The van der Waals surface area contributed by atoms with Gasteiger partial charge in [0.2, 0.25) is 5.16 Å². The Morgan fingerprint density at radius 3 is 2.42 bits per heavy atom. The van der Waals surface area contributed by atoms with Crippen molar-refractivity contribution in [3.05, 3.63) is 78.4 Å². The molecule has 0 bridgehead atoms. The summed E-state index contributed by atoms with van der Waals surface area (Å²) in [6.07, 6.45) is 7.48. The molecule has 0 aliphatic heterocycles. The summed E-state index contributed by atoms with van der Waals surface area (Å²) in [4.78, 5) is 10.6. The molecule has 1 unspecified atom stereocenters. The van der Waals surface area contributed by atoms with Gasteiger partial charge in [0, 0.05) is 30.8 Å². The lowest BCUT2D eigenvalue weighted by atomic mass is 10.0. The number of H-pyrrole nitrogens is 1. The molecule has 124 valence electrons. The highest BCUT2D eigenvalue weighted by atomic mass is 32.2. The molecule has 6 nitrogen and oxygen atoms in total. The number of aromatic amines is 1. The Kier molecular flexibility index (Phi) is 5.02. The number of nitrogens with zero attached hydrogens (tertiary/aromatic N) is 2. The third-order valence-corrected chi connectivity index (χ3v) is 4.96. The van der Waals surface area contributed by atoms with E-state index in [-0.39, 0.29) is 11.2 Å². The number of imidazole rings is 1. The van der Waals surface area contributed by atoms with Crippen molar-refractivity contribution >= 4 is 10.0 Å². The van der Waals surface area contributed by atoms with Gasteiger partial charge < -0.3 is 4.98 Å². The molecule has 0 amide bonds. The lowest BCUT2D eigenvalue weighted by molar-refractivity contribution is 0.537. The molecule has 1 aromatic carbocycles. The van der Waals surface area contributed by atoms with E-state index in [1.54, 1.807) is 12.4 Å². The van der Waals surface area contributed by atoms with Crippen molar-refractivity contribution in [2.75, 3.05) is 0 Å². The zero-order valence-corrected chi connectivity index (χ0v) is 13.8. The van der Waals surface area contributed by atoms with Crippen molar-refractivity contribution in [2.24, 2.45) is 0 Å². The summed E-state index contributed by atoms with van der Waals surface area (Å²) >= 11 is 0. The van der Waals surface area contributed by atoms with E-state index in [2.05, 4.69) is 19.7 Å². The molecule has 0 fully saturated rings. The third kappa shape index (κ3) is 4.27. The molecule has 0 saturated carbocycles. The molecule has 0 aliphatic rings. The van der Waals surface area contributed by atoms with Crippen LogP contribution in [0.3, 0.4) is 0 Å².